The Morgan fingerprint density at radius 2 is 1.80 bits per heavy atom. The van der Waals surface area contributed by atoms with E-state index in [1.165, 1.54) is 24.8 Å². The molecule has 2 aromatic carbocycles. The van der Waals surface area contributed by atoms with Crippen molar-refractivity contribution < 1.29 is 27.8 Å². The Hall–Kier alpha value is -4.26. The summed E-state index contributed by atoms with van der Waals surface area (Å²) < 4.78 is 37.6. The third-order valence-electron chi connectivity index (χ3n) is 6.68. The molecule has 2 aromatic heterocycles. The largest absolute Gasteiger partial charge is 0.493 e. The summed E-state index contributed by atoms with van der Waals surface area (Å²) in [5.74, 6) is -1.36. The normalized spacial score (nSPS) is 14.6. The first-order chi connectivity index (χ1) is 19.1. The average Bonchev–Trinajstić information content (AvgIpc) is 3.39. The molecule has 3 heterocycles. The van der Waals surface area contributed by atoms with E-state index in [2.05, 4.69) is 55.6 Å². The molecule has 212 valence electrons. The van der Waals surface area contributed by atoms with Crippen molar-refractivity contribution in [3.8, 4) is 5.75 Å². The second-order valence-electron chi connectivity index (χ2n) is 9.51. The number of hydrogen-bond acceptors (Lipinski definition) is 7. The summed E-state index contributed by atoms with van der Waals surface area (Å²) in [4.78, 5) is 39.1. The Morgan fingerprint density at radius 1 is 1.10 bits per heavy atom. The molecule has 0 atom stereocenters. The van der Waals surface area contributed by atoms with E-state index in [0.29, 0.717) is 23.3 Å². The van der Waals surface area contributed by atoms with Crippen molar-refractivity contribution in [2.75, 3.05) is 26.2 Å². The van der Waals surface area contributed by atoms with Crippen LogP contribution in [0.25, 0.3) is 21.9 Å². The summed E-state index contributed by atoms with van der Waals surface area (Å²) in [6.45, 7) is 3.85. The van der Waals surface area contributed by atoms with Gasteiger partial charge in [-0.1, -0.05) is 35.5 Å². The topological polar surface area (TPSA) is 141 Å². The number of fused-ring (bicyclic) bond motifs is 2. The van der Waals surface area contributed by atoms with Gasteiger partial charge < -0.3 is 19.7 Å². The van der Waals surface area contributed by atoms with Crippen molar-refractivity contribution in [3.63, 3.8) is 0 Å². The number of carbonyl (C=O) groups is 1. The molecule has 1 fully saturated rings. The average molecular weight is 560 g/mol. The van der Waals surface area contributed by atoms with Crippen molar-refractivity contribution in [3.05, 3.63) is 74.7 Å². The van der Waals surface area contributed by atoms with E-state index in [-0.39, 0.29) is 16.5 Å². The fourth-order valence-corrected chi connectivity index (χ4v) is 4.62. The van der Waals surface area contributed by atoms with Crippen LogP contribution in [0.3, 0.4) is 0 Å². The lowest BCUT2D eigenvalue weighted by atomic mass is 9.90. The number of piperidine rings is 1. The third-order valence-corrected chi connectivity index (χ3v) is 6.68. The molecule has 0 amide bonds. The van der Waals surface area contributed by atoms with Crippen molar-refractivity contribution >= 4 is 27.9 Å². The molecule has 0 aliphatic carbocycles. The van der Waals surface area contributed by atoms with E-state index >= 15 is 0 Å². The van der Waals surface area contributed by atoms with Gasteiger partial charge in [-0.25, -0.2) is 4.79 Å². The molecule has 0 bridgehead atoms. The number of nitrogens with one attached hydrogen (secondary N) is 2. The maximum absolute atomic E-state index is 12.7. The number of halogens is 3. The highest BCUT2D eigenvalue weighted by Crippen LogP contribution is 2.22. The van der Waals surface area contributed by atoms with Crippen LogP contribution in [0, 0.1) is 5.92 Å². The molecule has 0 spiro atoms. The standard InChI is InChI=1S/C25H27N5O3.C2HF3O2/c31-24-20-8-7-19(16-21(20)26-25(32)23-22(24)27-29-28-23)33-14-4-11-30-12-9-18(10-13-30)15-17-5-2-1-3-6-17;3-2(4,5)1(6)7/h1-3,5-8,16,18H,4,9-15H2,(H,26,32)(H,27,28,29);(H,6,7). The molecule has 13 heteroatoms. The van der Waals surface area contributed by atoms with Crippen LogP contribution in [0.15, 0.2) is 58.1 Å². The first-order valence-electron chi connectivity index (χ1n) is 12.7. The van der Waals surface area contributed by atoms with Crippen LogP contribution in [0.2, 0.25) is 0 Å². The molecule has 40 heavy (non-hydrogen) atoms. The Bertz CT molecular complexity index is 1560. The zero-order chi connectivity index (χ0) is 28.7. The lowest BCUT2D eigenvalue weighted by Crippen LogP contribution is -2.35. The summed E-state index contributed by atoms with van der Waals surface area (Å²) >= 11 is 0. The number of rotatable bonds is 7. The number of nitrogens with zero attached hydrogens (tertiary/aromatic N) is 3. The lowest BCUT2D eigenvalue weighted by molar-refractivity contribution is -0.192. The summed E-state index contributed by atoms with van der Waals surface area (Å²) in [5, 5.41) is 17.3. The summed E-state index contributed by atoms with van der Waals surface area (Å²) in [5.41, 5.74) is 1.20. The molecule has 10 nitrogen and oxygen atoms in total. The van der Waals surface area contributed by atoms with Gasteiger partial charge in [0.15, 0.2) is 5.52 Å². The van der Waals surface area contributed by atoms with E-state index < -0.39 is 17.7 Å². The maximum Gasteiger partial charge on any atom is 0.490 e. The molecule has 1 saturated heterocycles. The van der Waals surface area contributed by atoms with Gasteiger partial charge in [-0.15, -0.1) is 5.10 Å². The van der Waals surface area contributed by atoms with Crippen LogP contribution >= 0.6 is 0 Å². The van der Waals surface area contributed by atoms with Crippen molar-refractivity contribution in [2.45, 2.75) is 31.9 Å². The van der Waals surface area contributed by atoms with Crippen LogP contribution in [0.1, 0.15) is 24.8 Å². The number of benzene rings is 2. The molecule has 0 saturated carbocycles. The van der Waals surface area contributed by atoms with Crippen LogP contribution < -0.4 is 15.7 Å². The number of carboxylic acid groups (broad SMARTS) is 1. The van der Waals surface area contributed by atoms with E-state index in [9.17, 15) is 22.8 Å². The number of hydrogen-bond donors (Lipinski definition) is 3. The zero-order valence-corrected chi connectivity index (χ0v) is 21.4. The Morgan fingerprint density at radius 3 is 2.48 bits per heavy atom. The number of H-pyrrole nitrogens is 2. The third kappa shape index (κ3) is 7.44. The molecule has 1 aliphatic rings. The summed E-state index contributed by atoms with van der Waals surface area (Å²) in [7, 11) is 0. The fraction of sp³-hybridized carbons (Fsp3) is 0.370. The van der Waals surface area contributed by atoms with Crippen molar-refractivity contribution in [1.82, 2.24) is 25.3 Å². The van der Waals surface area contributed by atoms with Gasteiger partial charge in [0, 0.05) is 18.0 Å². The fourth-order valence-electron chi connectivity index (χ4n) is 4.62. The van der Waals surface area contributed by atoms with E-state index in [0.717, 1.165) is 32.0 Å². The maximum atomic E-state index is 12.7. The monoisotopic (exact) mass is 559 g/mol. The molecule has 4 aromatic rings. The van der Waals surface area contributed by atoms with E-state index in [1.54, 1.807) is 18.2 Å². The first kappa shape index (κ1) is 28.7. The second-order valence-corrected chi connectivity index (χ2v) is 9.51. The van der Waals surface area contributed by atoms with Crippen LogP contribution in [0.5, 0.6) is 5.75 Å². The van der Waals surface area contributed by atoms with Crippen molar-refractivity contribution in [1.29, 1.82) is 0 Å². The minimum absolute atomic E-state index is 0.00575. The van der Waals surface area contributed by atoms with Gasteiger partial charge in [0.2, 0.25) is 5.43 Å². The molecule has 5 rings (SSSR count). The Kier molecular flexibility index (Phi) is 9.15. The predicted octanol–water partition coefficient (Wildman–Crippen LogP) is 3.52. The van der Waals surface area contributed by atoms with Gasteiger partial charge in [-0.2, -0.15) is 13.2 Å². The van der Waals surface area contributed by atoms with Gasteiger partial charge in [0.05, 0.1) is 12.1 Å². The zero-order valence-electron chi connectivity index (χ0n) is 21.4. The number of likely N-dealkylation sites (tertiary alicyclic amines) is 1. The van der Waals surface area contributed by atoms with Crippen LogP contribution in [0.4, 0.5) is 13.2 Å². The predicted molar refractivity (Wildman–Crippen MR) is 141 cm³/mol. The number of carboxylic acids is 1. The lowest BCUT2D eigenvalue weighted by Gasteiger charge is -2.32. The Labute approximate surface area is 225 Å². The van der Waals surface area contributed by atoms with E-state index in [4.69, 9.17) is 14.6 Å². The number of ether oxygens (including phenoxy) is 1. The minimum Gasteiger partial charge on any atom is -0.493 e. The molecule has 0 unspecified atom stereocenters. The highest BCUT2D eigenvalue weighted by molar-refractivity contribution is 5.87. The SMILES string of the molecule is O=C(O)C(F)(F)F.O=c1[nH]c2cc(OCCCN3CCC(Cc4ccccc4)CC3)ccc2c(=O)c2[nH]nnc12. The van der Waals surface area contributed by atoms with Crippen LogP contribution in [-0.2, 0) is 11.2 Å². The van der Waals surface area contributed by atoms with Gasteiger partial charge in [-0.3, -0.25) is 14.7 Å². The molecule has 0 radical (unpaired) electrons. The highest BCUT2D eigenvalue weighted by atomic mass is 19.4. The molecular formula is C27H28F3N5O5. The second kappa shape index (κ2) is 12.7. The smallest absolute Gasteiger partial charge is 0.490 e. The molecule has 1 aliphatic heterocycles. The highest BCUT2D eigenvalue weighted by Gasteiger charge is 2.38. The number of aromatic amines is 2. The number of aliphatic carboxylic acids is 1. The number of alkyl halides is 3. The summed E-state index contributed by atoms with van der Waals surface area (Å²) in [6, 6.07) is 15.9. The summed E-state index contributed by atoms with van der Waals surface area (Å²) in [6.07, 6.45) is -0.514. The van der Waals surface area contributed by atoms with Gasteiger partial charge in [-0.05, 0) is 62.4 Å². The Balaban J connectivity index is 0.000000470. The van der Waals surface area contributed by atoms with Gasteiger partial charge in [0.1, 0.15) is 11.3 Å². The molecule has 3 N–H and O–H groups in total. The van der Waals surface area contributed by atoms with Crippen molar-refractivity contribution in [2.24, 2.45) is 5.92 Å². The minimum atomic E-state index is -5.08. The number of aromatic nitrogens is 4. The van der Waals surface area contributed by atoms with E-state index in [1.807, 2.05) is 0 Å². The molecular weight excluding hydrogens is 531 g/mol. The first-order valence-corrected chi connectivity index (χ1v) is 12.7. The van der Waals surface area contributed by atoms with Gasteiger partial charge >= 0.3 is 12.1 Å². The van der Waals surface area contributed by atoms with Gasteiger partial charge in [0.25, 0.3) is 5.56 Å². The van der Waals surface area contributed by atoms with Crippen LogP contribution in [-0.4, -0.2) is 68.8 Å². The quantitative estimate of drug-likeness (QED) is 0.292.